The van der Waals surface area contributed by atoms with Gasteiger partial charge in [0.1, 0.15) is 6.10 Å². The van der Waals surface area contributed by atoms with Crippen LogP contribution in [-0.2, 0) is 11.3 Å². The third kappa shape index (κ3) is 6.69. The normalized spacial score (nSPS) is 12.2. The first-order valence-corrected chi connectivity index (χ1v) is 9.84. The van der Waals surface area contributed by atoms with Crippen LogP contribution in [0.5, 0.6) is 0 Å². The second-order valence-electron chi connectivity index (χ2n) is 6.39. The summed E-state index contributed by atoms with van der Waals surface area (Å²) >= 11 is 1.60. The Morgan fingerprint density at radius 1 is 1.14 bits per heavy atom. The lowest BCUT2D eigenvalue weighted by Gasteiger charge is -2.15. The van der Waals surface area contributed by atoms with E-state index in [2.05, 4.69) is 27.0 Å². The number of aliphatic hydroxyl groups excluding tert-OH is 1. The number of hydrogen-bond donors (Lipinski definition) is 4. The molecule has 1 heterocycles. The lowest BCUT2D eigenvalue weighted by molar-refractivity contribution is -0.114. The highest BCUT2D eigenvalue weighted by Gasteiger charge is 2.12. The highest BCUT2D eigenvalue weighted by Crippen LogP contribution is 2.29. The molecule has 2 aromatic carbocycles. The summed E-state index contributed by atoms with van der Waals surface area (Å²) in [5.74, 6) is 0.503. The first-order chi connectivity index (χ1) is 13.5. The number of halogens is 1. The first kappa shape index (κ1) is 23.1. The molecule has 3 aromatic rings. The zero-order valence-electron chi connectivity index (χ0n) is 16.3. The Morgan fingerprint density at radius 3 is 2.66 bits per heavy atom. The van der Waals surface area contributed by atoms with Crippen molar-refractivity contribution in [3.63, 3.8) is 0 Å². The molecule has 1 aromatic heterocycles. The van der Waals surface area contributed by atoms with E-state index in [9.17, 15) is 9.90 Å². The van der Waals surface area contributed by atoms with Gasteiger partial charge in [-0.1, -0.05) is 30.3 Å². The van der Waals surface area contributed by atoms with Gasteiger partial charge in [0.2, 0.25) is 5.91 Å². The third-order valence-electron chi connectivity index (χ3n) is 4.17. The number of thiophene rings is 1. The Hall–Kier alpha value is -2.17. The Labute approximate surface area is 191 Å². The van der Waals surface area contributed by atoms with E-state index in [1.165, 1.54) is 6.92 Å². The predicted molar refractivity (Wildman–Crippen MR) is 131 cm³/mol. The second kappa shape index (κ2) is 11.1. The van der Waals surface area contributed by atoms with Gasteiger partial charge in [-0.05, 0) is 35.2 Å². The van der Waals surface area contributed by atoms with Crippen molar-refractivity contribution in [1.29, 1.82) is 0 Å². The van der Waals surface area contributed by atoms with Crippen LogP contribution >= 0.6 is 35.3 Å². The van der Waals surface area contributed by atoms with Gasteiger partial charge in [0.15, 0.2) is 5.96 Å². The molecule has 0 saturated carbocycles. The molecule has 3 rings (SSSR count). The van der Waals surface area contributed by atoms with Gasteiger partial charge in [0, 0.05) is 42.3 Å². The molecule has 29 heavy (non-hydrogen) atoms. The number of benzene rings is 2. The number of aliphatic hydroxyl groups is 1. The number of nitrogens with zero attached hydrogens (tertiary/aromatic N) is 1. The topological polar surface area (TPSA) is 85.8 Å². The summed E-state index contributed by atoms with van der Waals surface area (Å²) in [5.41, 5.74) is 1.77. The van der Waals surface area contributed by atoms with Crippen molar-refractivity contribution in [2.45, 2.75) is 19.6 Å². The van der Waals surface area contributed by atoms with Gasteiger partial charge in [-0.25, -0.2) is 0 Å². The predicted octanol–water partition coefficient (Wildman–Crippen LogP) is 3.88. The molecular formula is C21H25IN4O2S. The van der Waals surface area contributed by atoms with E-state index in [0.717, 1.165) is 26.2 Å². The van der Waals surface area contributed by atoms with Crippen LogP contribution in [0.15, 0.2) is 59.6 Å². The fraction of sp³-hybridized carbons (Fsp3) is 0.238. The van der Waals surface area contributed by atoms with E-state index in [-0.39, 0.29) is 29.9 Å². The van der Waals surface area contributed by atoms with Gasteiger partial charge in [-0.2, -0.15) is 0 Å². The summed E-state index contributed by atoms with van der Waals surface area (Å²) in [4.78, 5) is 16.3. The average molecular weight is 524 g/mol. The van der Waals surface area contributed by atoms with Crippen LogP contribution in [0.4, 0.5) is 5.69 Å². The highest BCUT2D eigenvalue weighted by molar-refractivity contribution is 14.0. The maximum absolute atomic E-state index is 11.2. The molecule has 0 fully saturated rings. The lowest BCUT2D eigenvalue weighted by atomic mass is 10.2. The van der Waals surface area contributed by atoms with Crippen molar-refractivity contribution in [3.05, 3.63) is 65.0 Å². The van der Waals surface area contributed by atoms with E-state index >= 15 is 0 Å². The number of fused-ring (bicyclic) bond motifs is 1. The quantitative estimate of drug-likeness (QED) is 0.224. The molecule has 1 amide bonds. The van der Waals surface area contributed by atoms with Crippen molar-refractivity contribution in [2.24, 2.45) is 4.99 Å². The fourth-order valence-corrected chi connectivity index (χ4v) is 3.88. The van der Waals surface area contributed by atoms with Crippen LogP contribution in [0.3, 0.4) is 0 Å². The monoisotopic (exact) mass is 524 g/mol. The summed E-state index contributed by atoms with van der Waals surface area (Å²) in [5, 5.41) is 20.8. The summed E-state index contributed by atoms with van der Waals surface area (Å²) in [6, 6.07) is 17.7. The molecule has 0 aliphatic carbocycles. The van der Waals surface area contributed by atoms with Crippen molar-refractivity contribution >= 4 is 63.0 Å². The minimum Gasteiger partial charge on any atom is -0.386 e. The smallest absolute Gasteiger partial charge is 0.221 e. The maximum Gasteiger partial charge on any atom is 0.221 e. The number of nitrogens with one attached hydrogen (secondary N) is 3. The zero-order chi connectivity index (χ0) is 19.9. The van der Waals surface area contributed by atoms with E-state index in [1.807, 2.05) is 48.5 Å². The van der Waals surface area contributed by atoms with Crippen molar-refractivity contribution in [3.8, 4) is 0 Å². The molecule has 0 bridgehead atoms. The minimum absolute atomic E-state index is 0. The van der Waals surface area contributed by atoms with Gasteiger partial charge in [0.25, 0.3) is 0 Å². The number of aliphatic imine (C=N–C) groups is 1. The standard InChI is InChI=1S/C21H24N4O2S.HI/c1-14(26)25-17-8-5-6-15(10-17)12-23-21(22-2)24-13-18(27)20-11-16-7-3-4-9-19(16)28-20;/h3-11,18,27H,12-13H2,1-2H3,(H,25,26)(H2,22,23,24);1H. The molecule has 0 radical (unpaired) electrons. The van der Waals surface area contributed by atoms with E-state index in [4.69, 9.17) is 0 Å². The molecule has 1 unspecified atom stereocenters. The number of amides is 1. The van der Waals surface area contributed by atoms with E-state index < -0.39 is 6.10 Å². The molecule has 0 saturated heterocycles. The van der Waals surface area contributed by atoms with Crippen molar-refractivity contribution < 1.29 is 9.90 Å². The van der Waals surface area contributed by atoms with Gasteiger partial charge in [-0.15, -0.1) is 35.3 Å². The van der Waals surface area contributed by atoms with Crippen LogP contribution in [0.2, 0.25) is 0 Å². The van der Waals surface area contributed by atoms with Gasteiger partial charge in [-0.3, -0.25) is 9.79 Å². The Morgan fingerprint density at radius 2 is 1.93 bits per heavy atom. The van der Waals surface area contributed by atoms with Crippen LogP contribution in [0.1, 0.15) is 23.5 Å². The molecular weight excluding hydrogens is 499 g/mol. The molecule has 0 aliphatic heterocycles. The first-order valence-electron chi connectivity index (χ1n) is 9.03. The molecule has 0 spiro atoms. The maximum atomic E-state index is 11.2. The number of carbonyl (C=O) groups is 1. The van der Waals surface area contributed by atoms with Gasteiger partial charge < -0.3 is 21.1 Å². The molecule has 0 aliphatic rings. The summed E-state index contributed by atoms with van der Waals surface area (Å²) < 4.78 is 1.16. The zero-order valence-corrected chi connectivity index (χ0v) is 19.5. The average Bonchev–Trinajstić information content (AvgIpc) is 3.12. The SMILES string of the molecule is CN=C(NCc1cccc(NC(C)=O)c1)NCC(O)c1cc2ccccc2s1.I. The Bertz CT molecular complexity index is 956. The number of rotatable bonds is 6. The molecule has 4 N–H and O–H groups in total. The molecule has 154 valence electrons. The molecule has 8 heteroatoms. The second-order valence-corrected chi connectivity index (χ2v) is 7.51. The van der Waals surface area contributed by atoms with Gasteiger partial charge in [0.05, 0.1) is 0 Å². The lowest BCUT2D eigenvalue weighted by Crippen LogP contribution is -2.38. The van der Waals surface area contributed by atoms with E-state index in [0.29, 0.717) is 19.0 Å². The number of guanidine groups is 1. The van der Waals surface area contributed by atoms with E-state index in [1.54, 1.807) is 18.4 Å². The van der Waals surface area contributed by atoms with Crippen molar-refractivity contribution in [2.75, 3.05) is 18.9 Å². The minimum atomic E-state index is -0.612. The fourth-order valence-electron chi connectivity index (χ4n) is 2.83. The van der Waals surface area contributed by atoms with Crippen LogP contribution in [0.25, 0.3) is 10.1 Å². The largest absolute Gasteiger partial charge is 0.386 e. The third-order valence-corrected chi connectivity index (χ3v) is 5.38. The number of hydrogen-bond acceptors (Lipinski definition) is 4. The highest BCUT2D eigenvalue weighted by atomic mass is 127. The number of anilines is 1. The van der Waals surface area contributed by atoms with Crippen LogP contribution < -0.4 is 16.0 Å². The van der Waals surface area contributed by atoms with Crippen LogP contribution in [-0.4, -0.2) is 30.6 Å². The summed E-state index contributed by atoms with van der Waals surface area (Å²) in [6.07, 6.45) is -0.612. The summed E-state index contributed by atoms with van der Waals surface area (Å²) in [6.45, 7) is 2.39. The molecule has 1 atom stereocenters. The number of carbonyl (C=O) groups excluding carboxylic acids is 1. The molecule has 6 nitrogen and oxygen atoms in total. The van der Waals surface area contributed by atoms with Crippen molar-refractivity contribution in [1.82, 2.24) is 10.6 Å². The Balaban J connectivity index is 0.00000300. The Kier molecular flexibility index (Phi) is 8.87. The van der Waals surface area contributed by atoms with Gasteiger partial charge >= 0.3 is 0 Å². The van der Waals surface area contributed by atoms with Crippen LogP contribution in [0, 0.1) is 0 Å². The summed E-state index contributed by atoms with van der Waals surface area (Å²) in [7, 11) is 1.69.